The molecule has 12 heteroatoms. The Kier molecular flexibility index (Phi) is 7.74. The zero-order valence-corrected chi connectivity index (χ0v) is 23.0. The van der Waals surface area contributed by atoms with Gasteiger partial charge in [0, 0.05) is 55.8 Å². The van der Waals surface area contributed by atoms with Crippen molar-refractivity contribution >= 4 is 51.6 Å². The molecule has 0 bridgehead atoms. The van der Waals surface area contributed by atoms with E-state index in [2.05, 4.69) is 30.8 Å². The highest BCUT2D eigenvalue weighted by Gasteiger charge is 2.43. The number of carbonyl (C=O) groups excluding carboxylic acids is 2. The van der Waals surface area contributed by atoms with Gasteiger partial charge in [0.1, 0.15) is 29.3 Å². The van der Waals surface area contributed by atoms with Crippen LogP contribution in [0.5, 0.6) is 5.75 Å². The largest absolute Gasteiger partial charge is 0.491 e. The molecule has 1 unspecified atom stereocenters. The number of morpholine rings is 1. The maximum absolute atomic E-state index is 13.6. The minimum Gasteiger partial charge on any atom is -0.491 e. The van der Waals surface area contributed by atoms with Crippen LogP contribution in [-0.4, -0.2) is 71.7 Å². The third kappa shape index (κ3) is 6.58. The summed E-state index contributed by atoms with van der Waals surface area (Å²) in [6.07, 6.45) is 7.73. The lowest BCUT2D eigenvalue weighted by molar-refractivity contribution is -0.162. The molecule has 3 aliphatic rings. The number of nitrogens with one attached hydrogen (secondary N) is 3. The van der Waals surface area contributed by atoms with Crippen LogP contribution < -0.4 is 20.7 Å². The van der Waals surface area contributed by atoms with Gasteiger partial charge in [-0.2, -0.15) is 0 Å². The Hall–Kier alpha value is -3.80. The lowest BCUT2D eigenvalue weighted by Gasteiger charge is -2.33. The Labute approximate surface area is 241 Å². The van der Waals surface area contributed by atoms with Gasteiger partial charge in [-0.1, -0.05) is 17.7 Å². The van der Waals surface area contributed by atoms with Crippen LogP contribution in [0.2, 0.25) is 5.02 Å². The summed E-state index contributed by atoms with van der Waals surface area (Å²) in [5.74, 6) is 0.457. The van der Waals surface area contributed by atoms with E-state index in [-0.39, 0.29) is 23.4 Å². The predicted octanol–water partition coefficient (Wildman–Crippen LogP) is 4.04. The van der Waals surface area contributed by atoms with E-state index in [1.807, 2.05) is 0 Å². The number of esters is 1. The van der Waals surface area contributed by atoms with E-state index in [1.54, 1.807) is 24.3 Å². The third-order valence-electron chi connectivity index (χ3n) is 7.42. The Morgan fingerprint density at radius 3 is 2.98 bits per heavy atom. The number of ether oxygens (including phenoxy) is 2. The molecule has 1 spiro atoms. The highest BCUT2D eigenvalue weighted by Crippen LogP contribution is 2.36. The van der Waals surface area contributed by atoms with Gasteiger partial charge < -0.3 is 25.4 Å². The predicted molar refractivity (Wildman–Crippen MR) is 153 cm³/mol. The van der Waals surface area contributed by atoms with Crippen molar-refractivity contribution in [3.63, 3.8) is 0 Å². The van der Waals surface area contributed by atoms with Crippen molar-refractivity contribution in [2.45, 2.75) is 24.9 Å². The summed E-state index contributed by atoms with van der Waals surface area (Å²) in [6, 6.07) is 7.86. The second kappa shape index (κ2) is 11.6. The number of amides is 1. The van der Waals surface area contributed by atoms with E-state index in [1.165, 1.54) is 24.5 Å². The van der Waals surface area contributed by atoms with Crippen LogP contribution in [0.3, 0.4) is 0 Å². The molecule has 3 fully saturated rings. The minimum atomic E-state index is -0.515. The topological polar surface area (TPSA) is 118 Å². The van der Waals surface area contributed by atoms with Gasteiger partial charge in [-0.05, 0) is 43.0 Å². The van der Waals surface area contributed by atoms with Gasteiger partial charge in [-0.3, -0.25) is 14.5 Å². The highest BCUT2D eigenvalue weighted by molar-refractivity contribution is 6.31. The van der Waals surface area contributed by atoms with E-state index in [9.17, 15) is 14.0 Å². The number of anilines is 3. The molecule has 1 amide bonds. The first-order valence-corrected chi connectivity index (χ1v) is 14.0. The maximum atomic E-state index is 13.6. The number of rotatable bonds is 9. The monoisotopic (exact) mass is 580 g/mol. The van der Waals surface area contributed by atoms with Crippen molar-refractivity contribution in [2.24, 2.45) is 5.92 Å². The van der Waals surface area contributed by atoms with Crippen LogP contribution in [0.1, 0.15) is 19.3 Å². The van der Waals surface area contributed by atoms with Crippen molar-refractivity contribution in [3.05, 3.63) is 59.7 Å². The van der Waals surface area contributed by atoms with Gasteiger partial charge >= 0.3 is 5.97 Å². The molecule has 10 nitrogen and oxygen atoms in total. The van der Waals surface area contributed by atoms with Crippen LogP contribution >= 0.6 is 11.6 Å². The fourth-order valence-electron chi connectivity index (χ4n) is 5.10. The molecular formula is C29H30ClFN6O4. The fourth-order valence-corrected chi connectivity index (χ4v) is 5.28. The molecule has 2 aromatic carbocycles. The zero-order chi connectivity index (χ0) is 28.4. The van der Waals surface area contributed by atoms with Crippen molar-refractivity contribution in [1.29, 1.82) is 0 Å². The molecule has 1 saturated carbocycles. The average molecular weight is 581 g/mol. The lowest BCUT2D eigenvalue weighted by atomic mass is 10.0. The Bertz CT molecular complexity index is 1520. The molecule has 2 saturated heterocycles. The van der Waals surface area contributed by atoms with Gasteiger partial charge in [-0.25, -0.2) is 14.4 Å². The van der Waals surface area contributed by atoms with Crippen molar-refractivity contribution in [3.8, 4) is 5.75 Å². The Morgan fingerprint density at radius 1 is 1.29 bits per heavy atom. The summed E-state index contributed by atoms with van der Waals surface area (Å²) >= 11 is 5.95. The molecule has 41 heavy (non-hydrogen) atoms. The van der Waals surface area contributed by atoms with Gasteiger partial charge in [0.15, 0.2) is 0 Å². The molecule has 3 heterocycles. The minimum absolute atomic E-state index is 0.00983. The molecule has 3 aromatic rings. The van der Waals surface area contributed by atoms with Crippen LogP contribution in [0, 0.1) is 11.7 Å². The highest BCUT2D eigenvalue weighted by atomic mass is 35.5. The number of likely N-dealkylation sites (tertiary alicyclic amines) is 1. The molecular weight excluding hydrogens is 551 g/mol. The van der Waals surface area contributed by atoms with E-state index >= 15 is 0 Å². The van der Waals surface area contributed by atoms with Gasteiger partial charge in [0.05, 0.1) is 29.4 Å². The van der Waals surface area contributed by atoms with E-state index in [0.29, 0.717) is 66.0 Å². The average Bonchev–Trinajstić information content (AvgIpc) is 3.70. The maximum Gasteiger partial charge on any atom is 0.320 e. The summed E-state index contributed by atoms with van der Waals surface area (Å²) in [7, 11) is 0. The van der Waals surface area contributed by atoms with Gasteiger partial charge in [0.2, 0.25) is 5.91 Å². The van der Waals surface area contributed by atoms with Crippen molar-refractivity contribution in [1.82, 2.24) is 20.2 Å². The summed E-state index contributed by atoms with van der Waals surface area (Å²) in [5.41, 5.74) is 1.18. The fraction of sp³-hybridized carbons (Fsp3) is 0.379. The smallest absolute Gasteiger partial charge is 0.320 e. The quantitative estimate of drug-likeness (QED) is 0.254. The molecule has 6 rings (SSSR count). The SMILES string of the molecule is O=C(/C=C/CN1CCC2(CNCC(=O)O2)C1)Nc1cc2c(Nc3ccc(F)c(Cl)c3)ncnc2cc1OCC1CC1. The molecule has 0 radical (unpaired) electrons. The number of benzene rings is 2. The van der Waals surface area contributed by atoms with Gasteiger partial charge in [0.25, 0.3) is 0 Å². The van der Waals surface area contributed by atoms with Crippen LogP contribution in [0.25, 0.3) is 10.9 Å². The first-order valence-electron chi connectivity index (χ1n) is 13.6. The molecule has 1 aromatic heterocycles. The number of hydrogen-bond acceptors (Lipinski definition) is 9. The summed E-state index contributed by atoms with van der Waals surface area (Å²) < 4.78 is 25.4. The number of carbonyl (C=O) groups is 2. The lowest BCUT2D eigenvalue weighted by Crippen LogP contribution is -2.53. The number of halogens is 2. The van der Waals surface area contributed by atoms with Crippen LogP contribution in [0.4, 0.5) is 21.6 Å². The summed E-state index contributed by atoms with van der Waals surface area (Å²) in [5, 5.41) is 9.85. The molecule has 1 atom stereocenters. The van der Waals surface area contributed by atoms with Crippen molar-refractivity contribution in [2.75, 3.05) is 50.0 Å². The number of hydrogen-bond donors (Lipinski definition) is 3. The molecule has 3 N–H and O–H groups in total. The van der Waals surface area contributed by atoms with Crippen LogP contribution in [-0.2, 0) is 14.3 Å². The molecule has 2 aliphatic heterocycles. The van der Waals surface area contributed by atoms with Crippen molar-refractivity contribution < 1.29 is 23.5 Å². The number of nitrogens with zero attached hydrogens (tertiary/aromatic N) is 3. The molecule has 214 valence electrons. The van der Waals surface area contributed by atoms with E-state index in [4.69, 9.17) is 21.1 Å². The number of fused-ring (bicyclic) bond motifs is 1. The first kappa shape index (κ1) is 27.4. The second-order valence-electron chi connectivity index (χ2n) is 10.7. The van der Waals surface area contributed by atoms with E-state index in [0.717, 1.165) is 25.8 Å². The second-order valence-corrected chi connectivity index (χ2v) is 11.1. The Balaban J connectivity index is 1.17. The standard InChI is InChI=1S/C29H30ClFN6O4/c30-21-10-19(5-6-22(21)31)35-28-20-11-24(25(40-14-18-3-4-18)12-23(20)33-17-34-28)36-26(38)2-1-8-37-9-7-29(16-37)15-32-13-27(39)41-29/h1-2,5-6,10-12,17-18,32H,3-4,7-9,13-16H2,(H,36,38)(H,33,34,35)/b2-1+. The third-order valence-corrected chi connectivity index (χ3v) is 7.71. The number of aromatic nitrogens is 2. The first-order chi connectivity index (χ1) is 19.9. The normalized spacial score (nSPS) is 21.0. The Morgan fingerprint density at radius 2 is 2.17 bits per heavy atom. The zero-order valence-electron chi connectivity index (χ0n) is 22.3. The summed E-state index contributed by atoms with van der Waals surface area (Å²) in [6.45, 7) is 3.39. The van der Waals surface area contributed by atoms with E-state index < -0.39 is 11.4 Å². The molecule has 1 aliphatic carbocycles. The van der Waals surface area contributed by atoms with Gasteiger partial charge in [-0.15, -0.1) is 0 Å². The van der Waals surface area contributed by atoms with Crippen LogP contribution in [0.15, 0.2) is 48.8 Å². The summed E-state index contributed by atoms with van der Waals surface area (Å²) in [4.78, 5) is 35.6.